The lowest BCUT2D eigenvalue weighted by Crippen LogP contribution is -2.57. The highest BCUT2D eigenvalue weighted by Crippen LogP contribution is 2.36. The summed E-state index contributed by atoms with van der Waals surface area (Å²) in [6.07, 6.45) is 1.21. The minimum absolute atomic E-state index is 0.0376. The van der Waals surface area contributed by atoms with Crippen LogP contribution >= 0.6 is 0 Å². The average molecular weight is 475 g/mol. The van der Waals surface area contributed by atoms with Gasteiger partial charge in [-0.3, -0.25) is 4.79 Å². The number of esters is 1. The molecule has 2 rings (SSSR count). The van der Waals surface area contributed by atoms with Gasteiger partial charge in [0, 0.05) is 6.54 Å². The van der Waals surface area contributed by atoms with Crippen molar-refractivity contribution in [3.63, 3.8) is 0 Å². The van der Waals surface area contributed by atoms with Crippen LogP contribution in [0.3, 0.4) is 0 Å². The molecule has 0 spiro atoms. The standard InChI is InChI=1S/C27H42N2O5/c1-9-13-20-16-29(21(18(20)2)24(31)34-27(6,7)8)23(30)22(26(3,4)5)28-25(32)33-17-19-14-11-10-12-15-19/h10-12,14-15,18,20-22H,9,13,16-17H2,1-8H3,(H,28,32). The first-order valence-electron chi connectivity index (χ1n) is 12.2. The summed E-state index contributed by atoms with van der Waals surface area (Å²) in [6, 6.07) is 7.83. The number of benzene rings is 1. The molecule has 0 radical (unpaired) electrons. The third-order valence-corrected chi connectivity index (χ3v) is 6.19. The molecule has 1 aromatic carbocycles. The van der Waals surface area contributed by atoms with Crippen molar-refractivity contribution in [1.29, 1.82) is 0 Å². The second kappa shape index (κ2) is 11.2. The summed E-state index contributed by atoms with van der Waals surface area (Å²) in [6.45, 7) is 15.8. The Morgan fingerprint density at radius 2 is 1.71 bits per heavy atom. The predicted octanol–water partition coefficient (Wildman–Crippen LogP) is 4.93. The highest BCUT2D eigenvalue weighted by Gasteiger charge is 2.49. The first kappa shape index (κ1) is 27.7. The van der Waals surface area contributed by atoms with E-state index in [0.717, 1.165) is 18.4 Å². The molecule has 0 aromatic heterocycles. The Labute approximate surface area is 204 Å². The number of likely N-dealkylation sites (tertiary alicyclic amines) is 1. The van der Waals surface area contributed by atoms with E-state index in [-0.39, 0.29) is 24.3 Å². The van der Waals surface area contributed by atoms with E-state index >= 15 is 0 Å². The summed E-state index contributed by atoms with van der Waals surface area (Å²) in [5, 5.41) is 2.77. The second-order valence-electron chi connectivity index (χ2n) is 11.4. The van der Waals surface area contributed by atoms with Crippen LogP contribution in [0, 0.1) is 17.3 Å². The minimum atomic E-state index is -0.853. The second-order valence-corrected chi connectivity index (χ2v) is 11.4. The van der Waals surface area contributed by atoms with E-state index < -0.39 is 35.2 Å². The zero-order valence-electron chi connectivity index (χ0n) is 22.0. The Balaban J connectivity index is 2.23. The highest BCUT2D eigenvalue weighted by atomic mass is 16.6. The van der Waals surface area contributed by atoms with Gasteiger partial charge in [0.25, 0.3) is 0 Å². The van der Waals surface area contributed by atoms with Crippen LogP contribution in [0.1, 0.15) is 73.8 Å². The van der Waals surface area contributed by atoms with Gasteiger partial charge in [0.1, 0.15) is 24.3 Å². The molecular weight excluding hydrogens is 432 g/mol. The van der Waals surface area contributed by atoms with Crippen molar-refractivity contribution in [2.45, 2.75) is 92.5 Å². The molecule has 1 N–H and O–H groups in total. The molecule has 1 aliphatic rings. The Hall–Kier alpha value is -2.57. The molecule has 2 amide bonds. The number of rotatable bonds is 7. The molecule has 4 unspecified atom stereocenters. The summed E-state index contributed by atoms with van der Waals surface area (Å²) < 4.78 is 11.1. The van der Waals surface area contributed by atoms with Crippen LogP contribution in [0.15, 0.2) is 30.3 Å². The molecule has 1 aromatic rings. The van der Waals surface area contributed by atoms with E-state index in [9.17, 15) is 14.4 Å². The first-order valence-corrected chi connectivity index (χ1v) is 12.2. The number of nitrogens with zero attached hydrogens (tertiary/aromatic N) is 1. The molecule has 190 valence electrons. The fraction of sp³-hybridized carbons (Fsp3) is 0.667. The lowest BCUT2D eigenvalue weighted by atomic mass is 9.85. The Kier molecular flexibility index (Phi) is 9.15. The molecule has 7 nitrogen and oxygen atoms in total. The van der Waals surface area contributed by atoms with Gasteiger partial charge in [-0.2, -0.15) is 0 Å². The maximum atomic E-state index is 13.8. The number of amides is 2. The number of alkyl carbamates (subject to hydrolysis) is 1. The van der Waals surface area contributed by atoms with Crippen LogP contribution in [0.5, 0.6) is 0 Å². The molecule has 7 heteroatoms. The van der Waals surface area contributed by atoms with E-state index in [2.05, 4.69) is 12.2 Å². The molecule has 0 aliphatic carbocycles. The number of nitrogens with one attached hydrogen (secondary N) is 1. The van der Waals surface area contributed by atoms with Crippen molar-refractivity contribution >= 4 is 18.0 Å². The molecule has 34 heavy (non-hydrogen) atoms. The van der Waals surface area contributed by atoms with E-state index in [0.29, 0.717) is 6.54 Å². The van der Waals surface area contributed by atoms with Crippen molar-refractivity contribution < 1.29 is 23.9 Å². The van der Waals surface area contributed by atoms with Gasteiger partial charge in [0.2, 0.25) is 5.91 Å². The van der Waals surface area contributed by atoms with E-state index in [4.69, 9.17) is 9.47 Å². The van der Waals surface area contributed by atoms with Crippen LogP contribution in [-0.2, 0) is 25.7 Å². The number of hydrogen-bond acceptors (Lipinski definition) is 5. The minimum Gasteiger partial charge on any atom is -0.458 e. The van der Waals surface area contributed by atoms with Gasteiger partial charge in [0.05, 0.1) is 0 Å². The van der Waals surface area contributed by atoms with Gasteiger partial charge < -0.3 is 19.7 Å². The SMILES string of the molecule is CCCC1CN(C(=O)C(NC(=O)OCc2ccccc2)C(C)(C)C)C(C(=O)OC(C)(C)C)C1C. The van der Waals surface area contributed by atoms with Gasteiger partial charge in [0.15, 0.2) is 0 Å². The average Bonchev–Trinajstić information content (AvgIpc) is 3.05. The summed E-state index contributed by atoms with van der Waals surface area (Å²) in [5.41, 5.74) is -0.387. The van der Waals surface area contributed by atoms with Gasteiger partial charge >= 0.3 is 12.1 Å². The van der Waals surface area contributed by atoms with Crippen molar-refractivity contribution in [1.82, 2.24) is 10.2 Å². The summed E-state index contributed by atoms with van der Waals surface area (Å²) in [5.74, 6) is -0.529. The molecule has 1 fully saturated rings. The summed E-state index contributed by atoms with van der Waals surface area (Å²) in [4.78, 5) is 41.2. The topological polar surface area (TPSA) is 84.9 Å². The van der Waals surface area contributed by atoms with Crippen molar-refractivity contribution in [3.8, 4) is 0 Å². The predicted molar refractivity (Wildman–Crippen MR) is 132 cm³/mol. The van der Waals surface area contributed by atoms with Crippen LogP contribution < -0.4 is 5.32 Å². The molecular formula is C27H42N2O5. The smallest absolute Gasteiger partial charge is 0.408 e. The summed E-state index contributed by atoms with van der Waals surface area (Å²) in [7, 11) is 0. The zero-order valence-corrected chi connectivity index (χ0v) is 22.0. The Morgan fingerprint density at radius 1 is 1.09 bits per heavy atom. The lowest BCUT2D eigenvalue weighted by molar-refractivity contribution is -0.165. The number of hydrogen-bond donors (Lipinski definition) is 1. The third kappa shape index (κ3) is 7.47. The van der Waals surface area contributed by atoms with E-state index in [1.54, 1.807) is 4.90 Å². The quantitative estimate of drug-likeness (QED) is 0.566. The Morgan fingerprint density at radius 3 is 2.24 bits per heavy atom. The van der Waals surface area contributed by atoms with E-state index in [1.807, 2.05) is 78.8 Å². The maximum absolute atomic E-state index is 13.8. The van der Waals surface area contributed by atoms with Crippen LogP contribution in [-0.4, -0.2) is 47.1 Å². The van der Waals surface area contributed by atoms with Crippen LogP contribution in [0.4, 0.5) is 4.79 Å². The fourth-order valence-corrected chi connectivity index (χ4v) is 4.43. The fourth-order valence-electron chi connectivity index (χ4n) is 4.43. The molecule has 0 saturated carbocycles. The largest absolute Gasteiger partial charge is 0.458 e. The third-order valence-electron chi connectivity index (χ3n) is 6.19. The monoisotopic (exact) mass is 474 g/mol. The van der Waals surface area contributed by atoms with Crippen molar-refractivity contribution in [2.24, 2.45) is 17.3 Å². The highest BCUT2D eigenvalue weighted by molar-refractivity contribution is 5.91. The molecule has 1 aliphatic heterocycles. The normalized spacial score (nSPS) is 21.6. The zero-order chi connectivity index (χ0) is 25.7. The van der Waals surface area contributed by atoms with E-state index in [1.165, 1.54) is 0 Å². The lowest BCUT2D eigenvalue weighted by Gasteiger charge is -2.36. The maximum Gasteiger partial charge on any atom is 0.408 e. The van der Waals surface area contributed by atoms with Crippen molar-refractivity contribution in [3.05, 3.63) is 35.9 Å². The van der Waals surface area contributed by atoms with Gasteiger partial charge in [-0.25, -0.2) is 9.59 Å². The van der Waals surface area contributed by atoms with Gasteiger partial charge in [-0.15, -0.1) is 0 Å². The van der Waals surface area contributed by atoms with Gasteiger partial charge in [-0.1, -0.05) is 71.4 Å². The molecule has 4 atom stereocenters. The van der Waals surface area contributed by atoms with Crippen LogP contribution in [0.25, 0.3) is 0 Å². The molecule has 1 saturated heterocycles. The first-order chi connectivity index (χ1) is 15.7. The van der Waals surface area contributed by atoms with Crippen LogP contribution in [0.2, 0.25) is 0 Å². The number of carbonyl (C=O) groups is 3. The Bertz CT molecular complexity index is 841. The molecule has 1 heterocycles. The number of carbonyl (C=O) groups excluding carboxylic acids is 3. The van der Waals surface area contributed by atoms with Gasteiger partial charge in [-0.05, 0) is 50.0 Å². The molecule has 0 bridgehead atoms. The number of ether oxygens (including phenoxy) is 2. The van der Waals surface area contributed by atoms with Crippen molar-refractivity contribution in [2.75, 3.05) is 6.54 Å². The summed E-state index contributed by atoms with van der Waals surface area (Å²) >= 11 is 0.